The molecule has 8 heteroatoms. The molecule has 0 saturated heterocycles. The number of terminal acetylenes is 2. The van der Waals surface area contributed by atoms with Gasteiger partial charge in [-0.3, -0.25) is 9.59 Å². The number of halogens is 2. The first kappa shape index (κ1) is 32.6. The highest BCUT2D eigenvalue weighted by molar-refractivity contribution is 5.95. The zero-order valence-corrected chi connectivity index (χ0v) is 22.5. The molecule has 0 saturated carbocycles. The number of carbonyl (C=O) groups is 2. The van der Waals surface area contributed by atoms with Crippen molar-refractivity contribution in [2.45, 2.75) is 37.0 Å². The summed E-state index contributed by atoms with van der Waals surface area (Å²) in [5.74, 6) is 4.19. The van der Waals surface area contributed by atoms with Gasteiger partial charge in [-0.25, -0.2) is 0 Å². The van der Waals surface area contributed by atoms with Crippen LogP contribution in [-0.2, 0) is 46.6 Å². The maximum absolute atomic E-state index is 13.1. The molecule has 0 amide bonds. The van der Waals surface area contributed by atoms with Crippen molar-refractivity contribution >= 4 is 36.4 Å². The first-order valence-electron chi connectivity index (χ1n) is 11.5. The number of nitrogens with two attached hydrogens (primary N) is 4. The third-order valence-electron chi connectivity index (χ3n) is 6.38. The molecule has 0 aliphatic heterocycles. The van der Waals surface area contributed by atoms with Gasteiger partial charge in [0.15, 0.2) is 22.6 Å². The molecular formula is C30H32Cl2N4O2. The smallest absolute Gasteiger partial charge is 0.173 e. The van der Waals surface area contributed by atoms with Crippen LogP contribution in [0.4, 0.5) is 0 Å². The van der Waals surface area contributed by atoms with Crippen LogP contribution in [0.2, 0.25) is 0 Å². The Morgan fingerprint density at radius 1 is 0.579 bits per heavy atom. The van der Waals surface area contributed by atoms with Crippen LogP contribution in [-0.4, -0.2) is 11.6 Å². The van der Waals surface area contributed by atoms with E-state index in [2.05, 4.69) is 11.8 Å². The molecule has 0 aliphatic rings. The zero-order valence-electron chi connectivity index (χ0n) is 20.9. The van der Waals surface area contributed by atoms with Crippen molar-refractivity contribution in [3.8, 4) is 24.7 Å². The maximum Gasteiger partial charge on any atom is 0.173 e. The monoisotopic (exact) mass is 550 g/mol. The van der Waals surface area contributed by atoms with Crippen LogP contribution in [0.15, 0.2) is 72.8 Å². The quantitative estimate of drug-likeness (QED) is 0.286. The lowest BCUT2D eigenvalue weighted by atomic mass is 9.81. The van der Waals surface area contributed by atoms with Crippen LogP contribution in [0.1, 0.15) is 33.4 Å². The Hall–Kier alpha value is -3.46. The molecule has 6 nitrogen and oxygen atoms in total. The first-order valence-corrected chi connectivity index (χ1v) is 11.5. The summed E-state index contributed by atoms with van der Waals surface area (Å²) in [4.78, 5) is 26.2. The topological polar surface area (TPSA) is 138 Å². The van der Waals surface area contributed by atoms with E-state index in [9.17, 15) is 9.59 Å². The molecule has 2 unspecified atom stereocenters. The Kier molecular flexibility index (Phi) is 11.9. The minimum Gasteiger partial charge on any atom is -0.326 e. The number of ketones is 2. The highest BCUT2D eigenvalue weighted by Gasteiger charge is 2.36. The van der Waals surface area contributed by atoms with E-state index in [1.54, 1.807) is 24.3 Å². The van der Waals surface area contributed by atoms with Crippen LogP contribution in [0.3, 0.4) is 0 Å². The Bertz CT molecular complexity index is 1220. The van der Waals surface area contributed by atoms with E-state index in [4.69, 9.17) is 35.8 Å². The fourth-order valence-electron chi connectivity index (χ4n) is 3.88. The van der Waals surface area contributed by atoms with Crippen molar-refractivity contribution in [3.05, 3.63) is 106 Å². The van der Waals surface area contributed by atoms with Crippen molar-refractivity contribution in [1.29, 1.82) is 0 Å². The normalized spacial score (nSPS) is 13.3. The Morgan fingerprint density at radius 2 is 0.842 bits per heavy atom. The van der Waals surface area contributed by atoms with Crippen molar-refractivity contribution < 1.29 is 9.59 Å². The highest BCUT2D eigenvalue weighted by Crippen LogP contribution is 2.26. The Labute approximate surface area is 236 Å². The average Bonchev–Trinajstić information content (AvgIpc) is 2.92. The van der Waals surface area contributed by atoms with Gasteiger partial charge in [-0.05, 0) is 33.4 Å². The first-order chi connectivity index (χ1) is 17.2. The molecule has 0 aliphatic carbocycles. The van der Waals surface area contributed by atoms with Gasteiger partial charge in [-0.15, -0.1) is 37.7 Å². The van der Waals surface area contributed by atoms with Crippen molar-refractivity contribution in [3.63, 3.8) is 0 Å². The molecule has 0 spiro atoms. The lowest BCUT2D eigenvalue weighted by molar-refractivity contribution is -0.122. The summed E-state index contributed by atoms with van der Waals surface area (Å²) >= 11 is 0. The highest BCUT2D eigenvalue weighted by atomic mass is 35.5. The zero-order chi connectivity index (χ0) is 26.3. The van der Waals surface area contributed by atoms with Crippen molar-refractivity contribution in [1.82, 2.24) is 0 Å². The lowest BCUT2D eigenvalue weighted by Crippen LogP contribution is -2.46. The lowest BCUT2D eigenvalue weighted by Gasteiger charge is -2.26. The molecule has 198 valence electrons. The van der Waals surface area contributed by atoms with E-state index in [1.165, 1.54) is 0 Å². The van der Waals surface area contributed by atoms with Gasteiger partial charge in [0.2, 0.25) is 0 Å². The van der Waals surface area contributed by atoms with E-state index >= 15 is 0 Å². The van der Waals surface area contributed by atoms with E-state index in [1.807, 2.05) is 48.5 Å². The van der Waals surface area contributed by atoms with Gasteiger partial charge in [0, 0.05) is 25.9 Å². The second-order valence-corrected chi connectivity index (χ2v) is 8.72. The van der Waals surface area contributed by atoms with Gasteiger partial charge in [-0.1, -0.05) is 84.6 Å². The maximum atomic E-state index is 13.1. The second-order valence-electron chi connectivity index (χ2n) is 8.72. The SMILES string of the molecule is C#CC(N)(C(=O)Cc1ccc(CN)cc1)c1ccc(C(N)(C#C)C(=O)Cc2ccc(CN)cc2)cc1.Cl.Cl. The van der Waals surface area contributed by atoms with Gasteiger partial charge in [0.05, 0.1) is 0 Å². The molecule has 2 atom stereocenters. The van der Waals surface area contributed by atoms with Crippen molar-refractivity contribution in [2.24, 2.45) is 22.9 Å². The second kappa shape index (κ2) is 13.9. The summed E-state index contributed by atoms with van der Waals surface area (Å²) in [6.07, 6.45) is 11.5. The van der Waals surface area contributed by atoms with Crippen LogP contribution in [0, 0.1) is 24.7 Å². The minimum absolute atomic E-state index is 0. The van der Waals surface area contributed by atoms with E-state index < -0.39 is 11.1 Å². The number of Topliss-reactive ketones (excluding diaryl/α,β-unsaturated/α-hetero) is 2. The predicted octanol–water partition coefficient (Wildman–Crippen LogP) is 2.65. The van der Waals surface area contributed by atoms with Crippen molar-refractivity contribution in [2.75, 3.05) is 0 Å². The Balaban J connectivity index is 0.00000361. The molecule has 0 heterocycles. The summed E-state index contributed by atoms with van der Waals surface area (Å²) < 4.78 is 0. The molecular weight excluding hydrogens is 519 g/mol. The molecule has 0 radical (unpaired) electrons. The fourth-order valence-corrected chi connectivity index (χ4v) is 3.88. The summed E-state index contributed by atoms with van der Waals surface area (Å²) in [6.45, 7) is 0.824. The molecule has 0 aromatic heterocycles. The summed E-state index contributed by atoms with van der Waals surface area (Å²) in [5, 5.41) is 0. The van der Waals surface area contributed by atoms with Gasteiger partial charge < -0.3 is 22.9 Å². The number of carbonyl (C=O) groups excluding carboxylic acids is 2. The third kappa shape index (κ3) is 6.89. The molecule has 3 rings (SSSR count). The van der Waals surface area contributed by atoms with E-state index in [0.717, 1.165) is 22.3 Å². The standard InChI is InChI=1S/C30H30N4O2.2ClH/c1-3-29(33,27(35)17-21-5-9-23(19-31)10-6-21)25-13-15-26(16-14-25)30(34,4-2)28(36)18-22-7-11-24(20-32)12-8-22;;/h1-2,5-16H,17-20,31-34H2;2*1H. The van der Waals surface area contributed by atoms with E-state index in [-0.39, 0.29) is 49.2 Å². The van der Waals surface area contributed by atoms with Crippen LogP contribution >= 0.6 is 24.8 Å². The summed E-state index contributed by atoms with van der Waals surface area (Å²) in [5.41, 5.74) is 25.0. The molecule has 0 fully saturated rings. The molecule has 38 heavy (non-hydrogen) atoms. The van der Waals surface area contributed by atoms with Crippen LogP contribution in [0.5, 0.6) is 0 Å². The van der Waals surface area contributed by atoms with Crippen LogP contribution in [0.25, 0.3) is 0 Å². The van der Waals surface area contributed by atoms with Crippen LogP contribution < -0.4 is 22.9 Å². The largest absolute Gasteiger partial charge is 0.326 e. The fraction of sp³-hybridized carbons (Fsp3) is 0.200. The summed E-state index contributed by atoms with van der Waals surface area (Å²) in [7, 11) is 0. The van der Waals surface area contributed by atoms with E-state index in [0.29, 0.717) is 24.2 Å². The molecule has 0 bridgehead atoms. The van der Waals surface area contributed by atoms with Gasteiger partial charge in [0.1, 0.15) is 0 Å². The Morgan fingerprint density at radius 3 is 1.08 bits per heavy atom. The number of hydrogen-bond acceptors (Lipinski definition) is 6. The minimum atomic E-state index is -1.66. The van der Waals surface area contributed by atoms with Gasteiger partial charge in [-0.2, -0.15) is 0 Å². The number of hydrogen-bond donors (Lipinski definition) is 4. The third-order valence-corrected chi connectivity index (χ3v) is 6.38. The molecule has 8 N–H and O–H groups in total. The average molecular weight is 552 g/mol. The molecule has 3 aromatic carbocycles. The van der Waals surface area contributed by atoms with Gasteiger partial charge in [0.25, 0.3) is 0 Å². The number of rotatable bonds is 10. The number of benzene rings is 3. The van der Waals surface area contributed by atoms with Gasteiger partial charge >= 0.3 is 0 Å². The summed E-state index contributed by atoms with van der Waals surface area (Å²) in [6, 6.07) is 21.1. The molecule has 3 aromatic rings. The predicted molar refractivity (Wildman–Crippen MR) is 156 cm³/mol.